The Kier molecular flexibility index (Phi) is 4.81. The van der Waals surface area contributed by atoms with E-state index in [9.17, 15) is 4.79 Å². The fourth-order valence-electron chi connectivity index (χ4n) is 1.26. The number of rotatable bonds is 4. The molecule has 19 heavy (non-hydrogen) atoms. The third-order valence-electron chi connectivity index (χ3n) is 2.21. The number of thiol groups is 1. The number of anilines is 1. The maximum Gasteiger partial charge on any atom is 0.254 e. The molecule has 0 saturated heterocycles. The standard InChI is InChI=1S/C11H11N3O2S3/c1-6(15)10(16)13-8-5-18-11(14-8)7-2-3-9(19-17)12-4-7/h2-6,15,17H,1H3,(H,13,16)/t6-/m0/s1. The molecule has 0 aliphatic carbocycles. The number of nitrogens with one attached hydrogen (secondary N) is 1. The second-order valence-corrected chi connectivity index (χ2v) is 5.69. The van der Waals surface area contributed by atoms with Gasteiger partial charge in [-0.05, 0) is 29.9 Å². The zero-order valence-electron chi connectivity index (χ0n) is 9.90. The molecule has 0 bridgehead atoms. The molecule has 0 fully saturated rings. The Morgan fingerprint density at radius 2 is 2.37 bits per heavy atom. The molecule has 2 N–H and O–H groups in total. The maximum atomic E-state index is 11.3. The maximum absolute atomic E-state index is 11.3. The zero-order valence-corrected chi connectivity index (χ0v) is 12.4. The molecule has 5 nitrogen and oxygen atoms in total. The van der Waals surface area contributed by atoms with E-state index < -0.39 is 12.0 Å². The number of nitrogens with zero attached hydrogens (tertiary/aromatic N) is 2. The molecule has 0 aromatic carbocycles. The smallest absolute Gasteiger partial charge is 0.254 e. The average Bonchev–Trinajstić information content (AvgIpc) is 2.87. The highest BCUT2D eigenvalue weighted by atomic mass is 33.1. The molecule has 2 heterocycles. The van der Waals surface area contributed by atoms with Gasteiger partial charge in [0.25, 0.3) is 5.91 Å². The molecule has 1 amide bonds. The van der Waals surface area contributed by atoms with Crippen LogP contribution in [0.25, 0.3) is 10.6 Å². The van der Waals surface area contributed by atoms with Gasteiger partial charge in [0.2, 0.25) is 0 Å². The Hall–Kier alpha value is -1.09. The lowest BCUT2D eigenvalue weighted by atomic mass is 10.3. The number of hydrogen-bond acceptors (Lipinski definition) is 7. The van der Waals surface area contributed by atoms with Crippen molar-refractivity contribution in [1.82, 2.24) is 9.97 Å². The van der Waals surface area contributed by atoms with Crippen molar-refractivity contribution < 1.29 is 9.90 Å². The van der Waals surface area contributed by atoms with Gasteiger partial charge in [0.05, 0.1) is 0 Å². The molecule has 2 aromatic heterocycles. The van der Waals surface area contributed by atoms with Crippen molar-refractivity contribution in [1.29, 1.82) is 0 Å². The first-order chi connectivity index (χ1) is 9.10. The predicted octanol–water partition coefficient (Wildman–Crippen LogP) is 2.46. The predicted molar refractivity (Wildman–Crippen MR) is 80.5 cm³/mol. The third-order valence-corrected chi connectivity index (χ3v) is 4.09. The Morgan fingerprint density at radius 3 is 2.95 bits per heavy atom. The Morgan fingerprint density at radius 1 is 1.58 bits per heavy atom. The van der Waals surface area contributed by atoms with Crippen molar-refractivity contribution in [2.45, 2.75) is 18.1 Å². The fourth-order valence-corrected chi connectivity index (χ4v) is 2.55. The molecule has 2 rings (SSSR count). The fraction of sp³-hybridized carbons (Fsp3) is 0.182. The van der Waals surface area contributed by atoms with Crippen molar-refractivity contribution in [2.24, 2.45) is 0 Å². The van der Waals surface area contributed by atoms with Gasteiger partial charge in [0, 0.05) is 17.1 Å². The van der Waals surface area contributed by atoms with Crippen LogP contribution < -0.4 is 5.32 Å². The number of carbonyl (C=O) groups excluding carboxylic acids is 1. The molecular weight excluding hydrogens is 302 g/mol. The Labute approximate surface area is 123 Å². The zero-order chi connectivity index (χ0) is 13.8. The van der Waals surface area contributed by atoms with E-state index in [1.54, 1.807) is 11.6 Å². The number of aromatic nitrogens is 2. The van der Waals surface area contributed by atoms with Crippen LogP contribution in [0.15, 0.2) is 28.7 Å². The first-order valence-electron chi connectivity index (χ1n) is 5.32. The van der Waals surface area contributed by atoms with Gasteiger partial charge in [-0.25, -0.2) is 9.97 Å². The summed E-state index contributed by atoms with van der Waals surface area (Å²) >= 11 is 5.46. The summed E-state index contributed by atoms with van der Waals surface area (Å²) in [4.78, 5) is 19.8. The van der Waals surface area contributed by atoms with Gasteiger partial charge < -0.3 is 10.4 Å². The van der Waals surface area contributed by atoms with Crippen molar-refractivity contribution in [3.05, 3.63) is 23.7 Å². The van der Waals surface area contributed by atoms with Gasteiger partial charge in [-0.3, -0.25) is 4.79 Å². The quantitative estimate of drug-likeness (QED) is 0.597. The largest absolute Gasteiger partial charge is 0.384 e. The van der Waals surface area contributed by atoms with Crippen LogP contribution >= 0.6 is 33.8 Å². The van der Waals surface area contributed by atoms with Crippen LogP contribution in [0.1, 0.15) is 6.92 Å². The summed E-state index contributed by atoms with van der Waals surface area (Å²) in [5.41, 5.74) is 0.869. The van der Waals surface area contributed by atoms with Gasteiger partial charge in [-0.2, -0.15) is 0 Å². The summed E-state index contributed by atoms with van der Waals surface area (Å²) in [5, 5.41) is 14.9. The number of thiazole rings is 1. The third kappa shape index (κ3) is 3.69. The normalized spacial score (nSPS) is 12.2. The molecule has 0 spiro atoms. The highest BCUT2D eigenvalue weighted by Crippen LogP contribution is 2.27. The Bertz CT molecular complexity index is 569. The summed E-state index contributed by atoms with van der Waals surface area (Å²) in [6.07, 6.45) is 0.649. The molecule has 1 atom stereocenters. The number of amides is 1. The van der Waals surface area contributed by atoms with Crippen LogP contribution in [0.2, 0.25) is 0 Å². The minimum absolute atomic E-state index is 0.429. The van der Waals surface area contributed by atoms with Crippen molar-refractivity contribution in [3.63, 3.8) is 0 Å². The molecule has 8 heteroatoms. The minimum atomic E-state index is -1.06. The molecule has 2 aromatic rings. The molecule has 100 valence electrons. The van der Waals surface area contributed by atoms with Crippen LogP contribution in [0.5, 0.6) is 0 Å². The number of pyridine rings is 1. The van der Waals surface area contributed by atoms with E-state index >= 15 is 0 Å². The van der Waals surface area contributed by atoms with E-state index in [2.05, 4.69) is 26.9 Å². The first-order valence-corrected chi connectivity index (χ1v) is 8.07. The SMILES string of the molecule is C[C@H](O)C(=O)Nc1csc(-c2ccc(SS)nc2)n1. The van der Waals surface area contributed by atoms with E-state index in [0.29, 0.717) is 5.82 Å². The molecule has 0 aliphatic rings. The van der Waals surface area contributed by atoms with Gasteiger partial charge >= 0.3 is 0 Å². The van der Waals surface area contributed by atoms with E-state index in [1.807, 2.05) is 12.1 Å². The van der Waals surface area contributed by atoms with Crippen LogP contribution in [0.4, 0.5) is 5.82 Å². The van der Waals surface area contributed by atoms with Crippen molar-refractivity contribution >= 4 is 45.5 Å². The molecule has 0 unspecified atom stereocenters. The van der Waals surface area contributed by atoms with Crippen LogP contribution in [-0.2, 0) is 4.79 Å². The van der Waals surface area contributed by atoms with Gasteiger partial charge in [-0.15, -0.1) is 23.0 Å². The van der Waals surface area contributed by atoms with E-state index in [4.69, 9.17) is 5.11 Å². The van der Waals surface area contributed by atoms with E-state index in [0.717, 1.165) is 15.6 Å². The second kappa shape index (κ2) is 6.38. The number of hydrogen-bond donors (Lipinski definition) is 3. The molecule has 0 radical (unpaired) electrons. The molecule has 0 aliphatic heterocycles. The summed E-state index contributed by atoms with van der Waals surface area (Å²) in [6, 6.07) is 3.74. The van der Waals surface area contributed by atoms with E-state index in [1.165, 1.54) is 29.1 Å². The second-order valence-electron chi connectivity index (χ2n) is 3.68. The van der Waals surface area contributed by atoms with E-state index in [-0.39, 0.29) is 0 Å². The Balaban J connectivity index is 2.13. The number of aliphatic hydroxyl groups is 1. The summed E-state index contributed by atoms with van der Waals surface area (Å²) in [7, 11) is 1.27. The van der Waals surface area contributed by atoms with Crippen LogP contribution in [-0.4, -0.2) is 27.1 Å². The first kappa shape index (κ1) is 14.3. The van der Waals surface area contributed by atoms with Crippen LogP contribution in [0.3, 0.4) is 0 Å². The highest BCUT2D eigenvalue weighted by molar-refractivity contribution is 8.68. The topological polar surface area (TPSA) is 75.1 Å². The monoisotopic (exact) mass is 313 g/mol. The van der Waals surface area contributed by atoms with Crippen molar-refractivity contribution in [3.8, 4) is 10.6 Å². The minimum Gasteiger partial charge on any atom is -0.384 e. The van der Waals surface area contributed by atoms with Crippen LogP contribution in [0, 0.1) is 0 Å². The number of carbonyl (C=O) groups is 1. The highest BCUT2D eigenvalue weighted by Gasteiger charge is 2.11. The van der Waals surface area contributed by atoms with Crippen molar-refractivity contribution in [2.75, 3.05) is 5.32 Å². The molecular formula is C11H11N3O2S3. The van der Waals surface area contributed by atoms with Gasteiger partial charge in [0.1, 0.15) is 22.0 Å². The lowest BCUT2D eigenvalue weighted by Gasteiger charge is -2.03. The summed E-state index contributed by atoms with van der Waals surface area (Å²) in [5.74, 6) is -0.0460. The lowest BCUT2D eigenvalue weighted by Crippen LogP contribution is -2.24. The average molecular weight is 313 g/mol. The van der Waals surface area contributed by atoms with Gasteiger partial charge in [-0.1, -0.05) is 0 Å². The summed E-state index contributed by atoms with van der Waals surface area (Å²) in [6.45, 7) is 1.40. The lowest BCUT2D eigenvalue weighted by molar-refractivity contribution is -0.123. The number of aliphatic hydroxyl groups excluding tert-OH is 1. The summed E-state index contributed by atoms with van der Waals surface area (Å²) < 4.78 is 0. The molecule has 0 saturated carbocycles. The van der Waals surface area contributed by atoms with Gasteiger partial charge in [0.15, 0.2) is 0 Å².